The molecule has 90 valence electrons. The number of alkyl halides is 1. The first-order valence-electron chi connectivity index (χ1n) is 5.10. The van der Waals surface area contributed by atoms with Crippen molar-refractivity contribution in [2.45, 2.75) is 12.3 Å². The number of hydrogen-bond donors (Lipinski definition) is 0. The van der Waals surface area contributed by atoms with Gasteiger partial charge in [-0.2, -0.15) is 0 Å². The van der Waals surface area contributed by atoms with Crippen LogP contribution in [0.4, 0.5) is 10.2 Å². The average molecular weight is 247 g/mol. The zero-order valence-corrected chi connectivity index (χ0v) is 10.3. The maximum atomic E-state index is 13.8. The first kappa shape index (κ1) is 13.2. The minimum atomic E-state index is -0.336. The molecule has 0 fully saturated rings. The zero-order chi connectivity index (χ0) is 12.0. The van der Waals surface area contributed by atoms with Crippen molar-refractivity contribution < 1.29 is 9.13 Å². The van der Waals surface area contributed by atoms with Crippen molar-refractivity contribution in [3.63, 3.8) is 0 Å². The summed E-state index contributed by atoms with van der Waals surface area (Å²) in [5, 5.41) is 0. The monoisotopic (exact) mass is 246 g/mol. The van der Waals surface area contributed by atoms with Crippen LogP contribution in [0.15, 0.2) is 12.3 Å². The van der Waals surface area contributed by atoms with Crippen molar-refractivity contribution in [1.29, 1.82) is 0 Å². The number of anilines is 1. The Morgan fingerprint density at radius 1 is 1.56 bits per heavy atom. The fourth-order valence-corrected chi connectivity index (χ4v) is 1.60. The highest BCUT2D eigenvalue weighted by molar-refractivity contribution is 6.17. The summed E-state index contributed by atoms with van der Waals surface area (Å²) in [4.78, 5) is 5.79. The van der Waals surface area contributed by atoms with Gasteiger partial charge in [0, 0.05) is 39.1 Å². The number of pyridine rings is 1. The molecule has 1 aromatic rings. The van der Waals surface area contributed by atoms with Crippen LogP contribution >= 0.6 is 11.6 Å². The summed E-state index contributed by atoms with van der Waals surface area (Å²) in [5.74, 6) is 0.166. The van der Waals surface area contributed by atoms with Crippen LogP contribution in [0.2, 0.25) is 0 Å². The van der Waals surface area contributed by atoms with Crippen molar-refractivity contribution in [1.82, 2.24) is 4.98 Å². The lowest BCUT2D eigenvalue weighted by atomic mass is 10.2. The Morgan fingerprint density at radius 3 is 2.94 bits per heavy atom. The largest absolute Gasteiger partial charge is 0.385 e. The standard InChI is InChI=1S/C11H16ClFN2O/c1-15(6-3-7-16-2)11-10(13)9(8-12)4-5-14-11/h4-5H,3,6-8H2,1-2H3. The molecule has 0 N–H and O–H groups in total. The summed E-state index contributed by atoms with van der Waals surface area (Å²) in [5.41, 5.74) is 0.477. The number of halogens is 2. The Morgan fingerprint density at radius 2 is 2.31 bits per heavy atom. The van der Waals surface area contributed by atoms with Crippen molar-refractivity contribution in [3.05, 3.63) is 23.6 Å². The second-order valence-corrected chi connectivity index (χ2v) is 3.78. The van der Waals surface area contributed by atoms with Gasteiger partial charge in [0.2, 0.25) is 0 Å². The summed E-state index contributed by atoms with van der Waals surface area (Å²) in [6, 6.07) is 1.59. The molecule has 3 nitrogen and oxygen atoms in total. The van der Waals surface area contributed by atoms with Crippen molar-refractivity contribution in [2.24, 2.45) is 0 Å². The van der Waals surface area contributed by atoms with E-state index >= 15 is 0 Å². The smallest absolute Gasteiger partial charge is 0.170 e. The van der Waals surface area contributed by atoms with Crippen molar-refractivity contribution in [3.8, 4) is 0 Å². The average Bonchev–Trinajstić information content (AvgIpc) is 2.29. The molecule has 0 amide bonds. The molecule has 5 heteroatoms. The highest BCUT2D eigenvalue weighted by atomic mass is 35.5. The summed E-state index contributed by atoms with van der Waals surface area (Å²) in [6.07, 6.45) is 2.40. The topological polar surface area (TPSA) is 25.4 Å². The highest BCUT2D eigenvalue weighted by Gasteiger charge is 2.12. The second-order valence-electron chi connectivity index (χ2n) is 3.51. The number of hydrogen-bond acceptors (Lipinski definition) is 3. The van der Waals surface area contributed by atoms with Crippen LogP contribution in [0.5, 0.6) is 0 Å². The maximum Gasteiger partial charge on any atom is 0.170 e. The lowest BCUT2D eigenvalue weighted by Gasteiger charge is -2.19. The van der Waals surface area contributed by atoms with Gasteiger partial charge in [-0.15, -0.1) is 11.6 Å². The molecule has 0 bridgehead atoms. The van der Waals surface area contributed by atoms with E-state index in [1.807, 2.05) is 0 Å². The van der Waals surface area contributed by atoms with Crippen molar-refractivity contribution >= 4 is 17.4 Å². The number of ether oxygens (including phenoxy) is 1. The van der Waals surface area contributed by atoms with Crippen LogP contribution in [0.3, 0.4) is 0 Å². The highest BCUT2D eigenvalue weighted by Crippen LogP contribution is 2.19. The Bertz CT molecular complexity index is 336. The van der Waals surface area contributed by atoms with Gasteiger partial charge in [0.05, 0.1) is 5.88 Å². The number of nitrogens with zero attached hydrogens (tertiary/aromatic N) is 2. The van der Waals surface area contributed by atoms with Gasteiger partial charge in [0.15, 0.2) is 11.6 Å². The molecule has 0 unspecified atom stereocenters. The Balaban J connectivity index is 2.71. The van der Waals surface area contributed by atoms with E-state index in [9.17, 15) is 4.39 Å². The van der Waals surface area contributed by atoms with Gasteiger partial charge < -0.3 is 9.64 Å². The predicted molar refractivity (Wildman–Crippen MR) is 63.5 cm³/mol. The van der Waals surface area contributed by atoms with Gasteiger partial charge in [-0.3, -0.25) is 0 Å². The SMILES string of the molecule is COCCCN(C)c1nccc(CCl)c1F. The maximum absolute atomic E-state index is 13.8. The van der Waals surface area contributed by atoms with Gasteiger partial charge in [-0.1, -0.05) is 0 Å². The van der Waals surface area contributed by atoms with E-state index in [0.29, 0.717) is 24.5 Å². The molecule has 0 aliphatic heterocycles. The summed E-state index contributed by atoms with van der Waals surface area (Å²) >= 11 is 5.63. The molecule has 0 aliphatic carbocycles. The summed E-state index contributed by atoms with van der Waals surface area (Å²) in [6.45, 7) is 1.35. The van der Waals surface area contributed by atoms with E-state index < -0.39 is 0 Å². The normalized spacial score (nSPS) is 10.5. The van der Waals surface area contributed by atoms with Gasteiger partial charge in [-0.25, -0.2) is 9.37 Å². The molecular weight excluding hydrogens is 231 g/mol. The van der Waals surface area contributed by atoms with Crippen LogP contribution in [0, 0.1) is 5.82 Å². The molecule has 16 heavy (non-hydrogen) atoms. The van der Waals surface area contributed by atoms with E-state index in [1.54, 1.807) is 31.3 Å². The molecule has 1 aromatic heterocycles. The van der Waals surface area contributed by atoms with E-state index in [0.717, 1.165) is 6.42 Å². The third-order valence-corrected chi connectivity index (χ3v) is 2.59. The third kappa shape index (κ3) is 3.32. The molecule has 0 atom stereocenters. The molecule has 0 aromatic carbocycles. The Hall–Kier alpha value is -0.870. The molecule has 0 saturated carbocycles. The van der Waals surface area contributed by atoms with E-state index in [-0.39, 0.29) is 11.7 Å². The Kier molecular flexibility index (Phi) is 5.49. The van der Waals surface area contributed by atoms with Crippen LogP contribution in [-0.2, 0) is 10.6 Å². The van der Waals surface area contributed by atoms with Gasteiger partial charge in [0.1, 0.15) is 0 Å². The second kappa shape index (κ2) is 6.66. The lowest BCUT2D eigenvalue weighted by Crippen LogP contribution is -2.22. The fourth-order valence-electron chi connectivity index (χ4n) is 1.39. The third-order valence-electron chi connectivity index (χ3n) is 2.30. The first-order valence-corrected chi connectivity index (χ1v) is 5.63. The van der Waals surface area contributed by atoms with Gasteiger partial charge in [0.25, 0.3) is 0 Å². The predicted octanol–water partition coefficient (Wildman–Crippen LogP) is 2.43. The van der Waals surface area contributed by atoms with Crippen LogP contribution in [0.1, 0.15) is 12.0 Å². The molecule has 1 rings (SSSR count). The zero-order valence-electron chi connectivity index (χ0n) is 9.54. The number of methoxy groups -OCH3 is 1. The summed E-state index contributed by atoms with van der Waals surface area (Å²) in [7, 11) is 3.45. The fraction of sp³-hybridized carbons (Fsp3) is 0.545. The minimum Gasteiger partial charge on any atom is -0.385 e. The van der Waals surface area contributed by atoms with Crippen LogP contribution < -0.4 is 4.90 Å². The van der Waals surface area contributed by atoms with Gasteiger partial charge >= 0.3 is 0 Å². The first-order chi connectivity index (χ1) is 7.70. The molecule has 0 radical (unpaired) electrons. The molecule has 1 heterocycles. The molecule has 0 saturated heterocycles. The van der Waals surface area contributed by atoms with Gasteiger partial charge in [-0.05, 0) is 12.5 Å². The van der Waals surface area contributed by atoms with E-state index in [4.69, 9.17) is 16.3 Å². The molecular formula is C11H16ClFN2O. The number of aromatic nitrogens is 1. The van der Waals surface area contributed by atoms with Crippen LogP contribution in [0.25, 0.3) is 0 Å². The molecule has 0 spiro atoms. The van der Waals surface area contributed by atoms with Crippen molar-refractivity contribution in [2.75, 3.05) is 32.2 Å². The lowest BCUT2D eigenvalue weighted by molar-refractivity contribution is 0.196. The molecule has 0 aliphatic rings. The van der Waals surface area contributed by atoms with Crippen LogP contribution in [-0.4, -0.2) is 32.3 Å². The van der Waals surface area contributed by atoms with E-state index in [2.05, 4.69) is 4.98 Å². The summed E-state index contributed by atoms with van der Waals surface area (Å²) < 4.78 is 18.8. The minimum absolute atomic E-state index is 0.160. The van der Waals surface area contributed by atoms with E-state index in [1.165, 1.54) is 0 Å². The Labute approximate surface area is 100 Å². The number of rotatable bonds is 6. The quantitative estimate of drug-likeness (QED) is 0.570.